The molecule has 0 radical (unpaired) electrons. The fourth-order valence-corrected chi connectivity index (χ4v) is 4.46. The minimum atomic E-state index is -0.194. The van der Waals surface area contributed by atoms with Crippen LogP contribution < -0.4 is 19.1 Å². The Hall–Kier alpha value is -4.27. The number of piperazine rings is 1. The van der Waals surface area contributed by atoms with Crippen LogP contribution in [-0.4, -0.2) is 75.9 Å². The molecule has 0 aliphatic carbocycles. The summed E-state index contributed by atoms with van der Waals surface area (Å²) in [6, 6.07) is 19.1. The number of rotatable bonds is 11. The van der Waals surface area contributed by atoms with Gasteiger partial charge in [0.1, 0.15) is 11.4 Å². The molecule has 9 nitrogen and oxygen atoms in total. The summed E-state index contributed by atoms with van der Waals surface area (Å²) >= 11 is 0. The molecule has 0 bridgehead atoms. The average molecular weight is 534 g/mol. The predicted octanol–water partition coefficient (Wildman–Crippen LogP) is 4.45. The Morgan fingerprint density at radius 3 is 2.28 bits per heavy atom. The molecule has 1 saturated heterocycles. The summed E-state index contributed by atoms with van der Waals surface area (Å²) in [5.41, 5.74) is 3.06. The number of carbonyl (C=O) groups is 2. The lowest BCUT2D eigenvalue weighted by Crippen LogP contribution is -2.49. The maximum absolute atomic E-state index is 13.3. The number of pyridine rings is 1. The molecule has 0 N–H and O–H groups in total. The van der Waals surface area contributed by atoms with E-state index in [9.17, 15) is 9.59 Å². The molecule has 2 heterocycles. The Morgan fingerprint density at radius 1 is 0.846 bits per heavy atom. The number of esters is 1. The van der Waals surface area contributed by atoms with Gasteiger partial charge in [0.15, 0.2) is 11.5 Å². The number of hydrogen-bond acceptors (Lipinski definition) is 8. The Labute approximate surface area is 229 Å². The van der Waals surface area contributed by atoms with E-state index in [4.69, 9.17) is 14.2 Å². The molecule has 39 heavy (non-hydrogen) atoms. The van der Waals surface area contributed by atoms with Gasteiger partial charge in [-0.25, -0.2) is 4.98 Å². The molecule has 0 unspecified atom stereocenters. The van der Waals surface area contributed by atoms with Crippen LogP contribution in [0, 0.1) is 0 Å². The standard InChI is InChI=1S/C30H35N3O6/c1-36-27-15-10-22(21-28(27)37-2)25-7-6-8-26(31-25)30(35)33-18-16-32(17-19-33)23-11-13-24(14-12-23)39-20-5-4-9-29(34)38-3/h6-8,10-15,21H,4-5,9,16-20H2,1-3H3. The third-order valence-electron chi connectivity index (χ3n) is 6.69. The first-order valence-corrected chi connectivity index (χ1v) is 13.1. The minimum absolute atomic E-state index is 0.0760. The van der Waals surface area contributed by atoms with Crippen molar-refractivity contribution >= 4 is 17.6 Å². The molecule has 2 aromatic carbocycles. The van der Waals surface area contributed by atoms with Gasteiger partial charge in [0, 0.05) is 43.9 Å². The number of carbonyl (C=O) groups excluding carboxylic acids is 2. The first-order valence-electron chi connectivity index (χ1n) is 13.1. The molecule has 0 atom stereocenters. The van der Waals surface area contributed by atoms with Crippen LogP contribution in [0.4, 0.5) is 5.69 Å². The Kier molecular flexibility index (Phi) is 9.61. The predicted molar refractivity (Wildman–Crippen MR) is 149 cm³/mol. The molecule has 206 valence electrons. The first-order chi connectivity index (χ1) is 19.0. The molecule has 9 heteroatoms. The van der Waals surface area contributed by atoms with Crippen molar-refractivity contribution in [2.75, 3.05) is 59.0 Å². The monoisotopic (exact) mass is 533 g/mol. The van der Waals surface area contributed by atoms with E-state index in [2.05, 4.69) is 14.6 Å². The van der Waals surface area contributed by atoms with Crippen molar-refractivity contribution in [1.82, 2.24) is 9.88 Å². The lowest BCUT2D eigenvalue weighted by molar-refractivity contribution is -0.140. The molecular weight excluding hydrogens is 498 g/mol. The maximum atomic E-state index is 13.3. The van der Waals surface area contributed by atoms with Gasteiger partial charge >= 0.3 is 5.97 Å². The van der Waals surface area contributed by atoms with Crippen LogP contribution >= 0.6 is 0 Å². The van der Waals surface area contributed by atoms with E-state index in [1.54, 1.807) is 20.3 Å². The van der Waals surface area contributed by atoms with Crippen LogP contribution in [0.25, 0.3) is 11.3 Å². The van der Waals surface area contributed by atoms with Crippen molar-refractivity contribution in [1.29, 1.82) is 0 Å². The Bertz CT molecular complexity index is 1260. The first kappa shape index (κ1) is 27.8. The van der Waals surface area contributed by atoms with E-state index in [0.29, 0.717) is 49.0 Å². The number of benzene rings is 2. The summed E-state index contributed by atoms with van der Waals surface area (Å²) in [6.07, 6.45) is 1.94. The highest BCUT2D eigenvalue weighted by Crippen LogP contribution is 2.31. The largest absolute Gasteiger partial charge is 0.494 e. The van der Waals surface area contributed by atoms with Gasteiger partial charge in [-0.05, 0) is 67.4 Å². The van der Waals surface area contributed by atoms with Crippen molar-refractivity contribution in [3.05, 3.63) is 66.4 Å². The van der Waals surface area contributed by atoms with Gasteiger partial charge in [0.2, 0.25) is 0 Å². The molecule has 0 saturated carbocycles. The van der Waals surface area contributed by atoms with Gasteiger partial charge in [-0.1, -0.05) is 6.07 Å². The molecular formula is C30H35N3O6. The lowest BCUT2D eigenvalue weighted by Gasteiger charge is -2.36. The van der Waals surface area contributed by atoms with Crippen molar-refractivity contribution in [3.63, 3.8) is 0 Å². The fourth-order valence-electron chi connectivity index (χ4n) is 4.46. The van der Waals surface area contributed by atoms with Crippen molar-refractivity contribution in [3.8, 4) is 28.5 Å². The number of aromatic nitrogens is 1. The Morgan fingerprint density at radius 2 is 1.59 bits per heavy atom. The molecule has 4 rings (SSSR count). The van der Waals surface area contributed by atoms with Gasteiger partial charge < -0.3 is 28.7 Å². The topological polar surface area (TPSA) is 90.4 Å². The van der Waals surface area contributed by atoms with Crippen LogP contribution in [0.1, 0.15) is 29.8 Å². The number of nitrogens with zero attached hydrogens (tertiary/aromatic N) is 3. The van der Waals surface area contributed by atoms with Crippen LogP contribution in [0.15, 0.2) is 60.7 Å². The van der Waals surface area contributed by atoms with Crippen molar-refractivity contribution in [2.24, 2.45) is 0 Å². The summed E-state index contributed by atoms with van der Waals surface area (Å²) in [4.78, 5) is 33.2. The molecule has 1 aliphatic heterocycles. The summed E-state index contributed by atoms with van der Waals surface area (Å²) in [5, 5.41) is 0. The number of hydrogen-bond donors (Lipinski definition) is 0. The lowest BCUT2D eigenvalue weighted by atomic mass is 10.1. The van der Waals surface area contributed by atoms with E-state index in [1.807, 2.05) is 59.5 Å². The van der Waals surface area contributed by atoms with E-state index < -0.39 is 0 Å². The highest BCUT2D eigenvalue weighted by atomic mass is 16.5. The second-order valence-electron chi connectivity index (χ2n) is 9.13. The third kappa shape index (κ3) is 7.19. The summed E-state index contributed by atoms with van der Waals surface area (Å²) in [6.45, 7) is 3.24. The van der Waals surface area contributed by atoms with E-state index >= 15 is 0 Å². The van der Waals surface area contributed by atoms with Gasteiger partial charge in [-0.15, -0.1) is 0 Å². The normalized spacial score (nSPS) is 13.1. The van der Waals surface area contributed by atoms with Crippen LogP contribution in [0.3, 0.4) is 0 Å². The van der Waals surface area contributed by atoms with E-state index in [1.165, 1.54) is 7.11 Å². The van der Waals surface area contributed by atoms with Crippen LogP contribution in [0.2, 0.25) is 0 Å². The number of anilines is 1. The summed E-state index contributed by atoms with van der Waals surface area (Å²) in [5.74, 6) is 1.78. The van der Waals surface area contributed by atoms with Gasteiger partial charge in [-0.2, -0.15) is 0 Å². The zero-order valence-corrected chi connectivity index (χ0v) is 22.7. The van der Waals surface area contributed by atoms with Crippen LogP contribution in [0.5, 0.6) is 17.2 Å². The maximum Gasteiger partial charge on any atom is 0.305 e. The number of ether oxygens (including phenoxy) is 4. The molecule has 1 aliphatic rings. The smallest absolute Gasteiger partial charge is 0.305 e. The van der Waals surface area contributed by atoms with E-state index in [0.717, 1.165) is 42.9 Å². The number of amides is 1. The third-order valence-corrected chi connectivity index (χ3v) is 6.69. The number of unbranched alkanes of at least 4 members (excludes halogenated alkanes) is 1. The molecule has 1 fully saturated rings. The molecule has 3 aromatic rings. The second-order valence-corrected chi connectivity index (χ2v) is 9.13. The van der Waals surface area contributed by atoms with E-state index in [-0.39, 0.29) is 11.9 Å². The zero-order chi connectivity index (χ0) is 27.6. The summed E-state index contributed by atoms with van der Waals surface area (Å²) in [7, 11) is 4.59. The Balaban J connectivity index is 1.29. The van der Waals surface area contributed by atoms with Crippen molar-refractivity contribution < 1.29 is 28.5 Å². The second kappa shape index (κ2) is 13.5. The zero-order valence-electron chi connectivity index (χ0n) is 22.7. The highest BCUT2D eigenvalue weighted by Gasteiger charge is 2.23. The highest BCUT2D eigenvalue weighted by molar-refractivity contribution is 5.93. The van der Waals surface area contributed by atoms with Gasteiger partial charge in [0.25, 0.3) is 5.91 Å². The molecule has 0 spiro atoms. The van der Waals surface area contributed by atoms with Crippen molar-refractivity contribution in [2.45, 2.75) is 19.3 Å². The van der Waals surface area contributed by atoms with Gasteiger partial charge in [0.05, 0.1) is 33.6 Å². The fraction of sp³-hybridized carbons (Fsp3) is 0.367. The quantitative estimate of drug-likeness (QED) is 0.264. The molecule has 1 aromatic heterocycles. The molecule has 1 amide bonds. The number of methoxy groups -OCH3 is 3. The minimum Gasteiger partial charge on any atom is -0.494 e. The summed E-state index contributed by atoms with van der Waals surface area (Å²) < 4.78 is 21.2. The van der Waals surface area contributed by atoms with Gasteiger partial charge in [-0.3, -0.25) is 9.59 Å². The van der Waals surface area contributed by atoms with Crippen LogP contribution in [-0.2, 0) is 9.53 Å². The SMILES string of the molecule is COC(=O)CCCCOc1ccc(N2CCN(C(=O)c3cccc(-c4ccc(OC)c(OC)c4)n3)CC2)cc1. The average Bonchev–Trinajstić information content (AvgIpc) is 3.00.